The summed E-state index contributed by atoms with van der Waals surface area (Å²) in [6, 6.07) is 2.45. The molecule has 1 heterocycles. The molecule has 1 saturated carbocycles. The first kappa shape index (κ1) is 14.6. The quantitative estimate of drug-likeness (QED) is 0.819. The van der Waals surface area contributed by atoms with Gasteiger partial charge in [-0.1, -0.05) is 26.2 Å². The first-order valence-electron chi connectivity index (χ1n) is 7.69. The zero-order valence-corrected chi connectivity index (χ0v) is 12.3. The second-order valence-electron chi connectivity index (χ2n) is 5.50. The molecule has 1 N–H and O–H groups in total. The predicted molar refractivity (Wildman–Crippen MR) is 77.3 cm³/mol. The molecule has 1 aromatic heterocycles. The van der Waals surface area contributed by atoms with Gasteiger partial charge in [0, 0.05) is 12.6 Å². The van der Waals surface area contributed by atoms with Gasteiger partial charge in [-0.25, -0.2) is 0 Å². The molecule has 1 atom stereocenters. The third-order valence-corrected chi connectivity index (χ3v) is 4.24. The Balaban J connectivity index is 2.12. The van der Waals surface area contributed by atoms with Crippen molar-refractivity contribution in [2.45, 2.75) is 64.0 Å². The molecule has 0 amide bonds. The Morgan fingerprint density at radius 3 is 2.68 bits per heavy atom. The van der Waals surface area contributed by atoms with Gasteiger partial charge in [-0.3, -0.25) is 0 Å². The minimum atomic E-state index is 0.0142. The van der Waals surface area contributed by atoms with E-state index in [9.17, 15) is 0 Å². The van der Waals surface area contributed by atoms with Crippen LogP contribution in [0.2, 0.25) is 0 Å². The van der Waals surface area contributed by atoms with E-state index in [1.165, 1.54) is 37.7 Å². The van der Waals surface area contributed by atoms with Gasteiger partial charge >= 0.3 is 0 Å². The molecule has 19 heavy (non-hydrogen) atoms. The molecule has 0 spiro atoms. The van der Waals surface area contributed by atoms with Crippen LogP contribution in [0.3, 0.4) is 0 Å². The van der Waals surface area contributed by atoms with Crippen LogP contribution in [0.1, 0.15) is 51.5 Å². The lowest BCUT2D eigenvalue weighted by molar-refractivity contribution is -0.0894. The molecule has 2 rings (SSSR count). The molecule has 1 unspecified atom stereocenters. The Kier molecular flexibility index (Phi) is 5.46. The molecular formula is C16H27NO2. The maximum atomic E-state index is 6.24. The van der Waals surface area contributed by atoms with E-state index < -0.39 is 0 Å². The summed E-state index contributed by atoms with van der Waals surface area (Å²) in [4.78, 5) is 0. The fourth-order valence-corrected chi connectivity index (χ4v) is 3.37. The highest BCUT2D eigenvalue weighted by Gasteiger charge is 2.40. The van der Waals surface area contributed by atoms with Crippen LogP contribution in [-0.2, 0) is 11.2 Å². The number of hydrogen-bond donors (Lipinski definition) is 1. The summed E-state index contributed by atoms with van der Waals surface area (Å²) < 4.78 is 11.4. The van der Waals surface area contributed by atoms with Crippen molar-refractivity contribution in [3.63, 3.8) is 0 Å². The van der Waals surface area contributed by atoms with Crippen molar-refractivity contribution in [3.05, 3.63) is 24.2 Å². The first-order valence-corrected chi connectivity index (χ1v) is 7.69. The number of likely N-dealkylation sites (N-methyl/N-ethyl adjacent to an activating group) is 1. The molecule has 3 heteroatoms. The molecule has 0 radical (unpaired) electrons. The minimum absolute atomic E-state index is 0.0142. The SMILES string of the molecule is CCNC(Cc1ccoc1)C1(OCC)CCCCC1. The van der Waals surface area contributed by atoms with E-state index in [0.29, 0.717) is 6.04 Å². The Hall–Kier alpha value is -0.800. The van der Waals surface area contributed by atoms with E-state index in [2.05, 4.69) is 25.2 Å². The molecule has 0 aliphatic heterocycles. The smallest absolute Gasteiger partial charge is 0.0935 e. The van der Waals surface area contributed by atoms with Gasteiger partial charge in [0.05, 0.1) is 18.1 Å². The molecule has 0 aromatic carbocycles. The van der Waals surface area contributed by atoms with Gasteiger partial charge in [0.15, 0.2) is 0 Å². The second-order valence-corrected chi connectivity index (χ2v) is 5.50. The van der Waals surface area contributed by atoms with Crippen molar-refractivity contribution in [2.75, 3.05) is 13.2 Å². The van der Waals surface area contributed by atoms with E-state index in [4.69, 9.17) is 9.15 Å². The zero-order valence-electron chi connectivity index (χ0n) is 12.3. The van der Waals surface area contributed by atoms with E-state index in [-0.39, 0.29) is 5.60 Å². The summed E-state index contributed by atoms with van der Waals surface area (Å²) in [6.07, 6.45) is 10.9. The highest BCUT2D eigenvalue weighted by molar-refractivity contribution is 5.11. The molecule has 108 valence electrons. The number of furan rings is 1. The third-order valence-electron chi connectivity index (χ3n) is 4.24. The van der Waals surface area contributed by atoms with Gasteiger partial charge in [-0.2, -0.15) is 0 Å². The maximum Gasteiger partial charge on any atom is 0.0935 e. The molecule has 0 bridgehead atoms. The molecule has 3 nitrogen and oxygen atoms in total. The number of rotatable bonds is 7. The van der Waals surface area contributed by atoms with Crippen LogP contribution in [0, 0.1) is 0 Å². The molecule has 1 aliphatic carbocycles. The highest BCUT2D eigenvalue weighted by atomic mass is 16.5. The Bertz CT molecular complexity index is 336. The third kappa shape index (κ3) is 3.61. The van der Waals surface area contributed by atoms with Gasteiger partial charge in [0.2, 0.25) is 0 Å². The van der Waals surface area contributed by atoms with Crippen LogP contribution in [0.4, 0.5) is 0 Å². The molecule has 0 saturated heterocycles. The van der Waals surface area contributed by atoms with Crippen LogP contribution < -0.4 is 5.32 Å². The normalized spacial score (nSPS) is 20.3. The number of ether oxygens (including phenoxy) is 1. The van der Waals surface area contributed by atoms with Crippen molar-refractivity contribution >= 4 is 0 Å². The van der Waals surface area contributed by atoms with Crippen LogP contribution in [-0.4, -0.2) is 24.8 Å². The van der Waals surface area contributed by atoms with Crippen LogP contribution in [0.15, 0.2) is 23.0 Å². The summed E-state index contributed by atoms with van der Waals surface area (Å²) >= 11 is 0. The lowest BCUT2D eigenvalue weighted by Gasteiger charge is -2.43. The maximum absolute atomic E-state index is 6.24. The van der Waals surface area contributed by atoms with Gasteiger partial charge in [-0.05, 0) is 44.4 Å². The van der Waals surface area contributed by atoms with Crippen molar-refractivity contribution in [2.24, 2.45) is 0 Å². The Labute approximate surface area is 116 Å². The van der Waals surface area contributed by atoms with E-state index >= 15 is 0 Å². The molecular weight excluding hydrogens is 238 g/mol. The summed E-state index contributed by atoms with van der Waals surface area (Å²) in [7, 11) is 0. The fourth-order valence-electron chi connectivity index (χ4n) is 3.37. The number of hydrogen-bond acceptors (Lipinski definition) is 3. The van der Waals surface area contributed by atoms with Gasteiger partial charge in [-0.15, -0.1) is 0 Å². The van der Waals surface area contributed by atoms with Gasteiger partial charge in [0.1, 0.15) is 0 Å². The largest absolute Gasteiger partial charge is 0.472 e. The van der Waals surface area contributed by atoms with E-state index in [1.807, 2.05) is 6.26 Å². The molecule has 1 fully saturated rings. The first-order chi connectivity index (χ1) is 9.30. The average Bonchev–Trinajstić information content (AvgIpc) is 2.93. The minimum Gasteiger partial charge on any atom is -0.472 e. The van der Waals surface area contributed by atoms with E-state index in [1.54, 1.807) is 6.26 Å². The summed E-state index contributed by atoms with van der Waals surface area (Å²) in [5, 5.41) is 3.65. The van der Waals surface area contributed by atoms with Crippen molar-refractivity contribution in [1.82, 2.24) is 5.32 Å². The Morgan fingerprint density at radius 2 is 2.11 bits per heavy atom. The van der Waals surface area contributed by atoms with E-state index in [0.717, 1.165) is 19.6 Å². The second kappa shape index (κ2) is 7.11. The fraction of sp³-hybridized carbons (Fsp3) is 0.750. The molecule has 1 aromatic rings. The summed E-state index contributed by atoms with van der Waals surface area (Å²) in [6.45, 7) is 6.06. The standard InChI is InChI=1S/C16H27NO2/c1-3-17-15(12-14-8-11-18-13-14)16(19-4-2)9-6-5-7-10-16/h8,11,13,15,17H,3-7,9-10,12H2,1-2H3. The zero-order chi connectivity index (χ0) is 13.6. The van der Waals surface area contributed by atoms with Crippen LogP contribution in [0.5, 0.6) is 0 Å². The van der Waals surface area contributed by atoms with Crippen molar-refractivity contribution in [3.8, 4) is 0 Å². The molecule has 1 aliphatic rings. The lowest BCUT2D eigenvalue weighted by Crippen LogP contribution is -2.54. The monoisotopic (exact) mass is 265 g/mol. The Morgan fingerprint density at radius 1 is 1.32 bits per heavy atom. The van der Waals surface area contributed by atoms with Gasteiger partial charge < -0.3 is 14.5 Å². The summed E-state index contributed by atoms with van der Waals surface area (Å²) in [5.41, 5.74) is 1.27. The van der Waals surface area contributed by atoms with Gasteiger partial charge in [0.25, 0.3) is 0 Å². The van der Waals surface area contributed by atoms with Crippen LogP contribution in [0.25, 0.3) is 0 Å². The van der Waals surface area contributed by atoms with Crippen molar-refractivity contribution < 1.29 is 9.15 Å². The summed E-state index contributed by atoms with van der Waals surface area (Å²) in [5.74, 6) is 0. The lowest BCUT2D eigenvalue weighted by atomic mass is 9.77. The number of nitrogens with one attached hydrogen (secondary N) is 1. The highest BCUT2D eigenvalue weighted by Crippen LogP contribution is 2.36. The van der Waals surface area contributed by atoms with Crippen molar-refractivity contribution in [1.29, 1.82) is 0 Å². The topological polar surface area (TPSA) is 34.4 Å². The van der Waals surface area contributed by atoms with Crippen LogP contribution >= 0.6 is 0 Å². The average molecular weight is 265 g/mol. The predicted octanol–water partition coefficient (Wildman–Crippen LogP) is 3.54.